The number of halogens is 2. The predicted octanol–water partition coefficient (Wildman–Crippen LogP) is 2.60. The molecule has 2 N–H and O–H groups in total. The second kappa shape index (κ2) is 7.16. The molecule has 2 heterocycles. The van der Waals surface area contributed by atoms with Gasteiger partial charge in [-0.05, 0) is 29.8 Å². The zero-order valence-electron chi connectivity index (χ0n) is 13.3. The Morgan fingerprint density at radius 1 is 1.48 bits per heavy atom. The lowest BCUT2D eigenvalue weighted by Crippen LogP contribution is -2.42. The molecule has 0 saturated carbocycles. The van der Waals surface area contributed by atoms with Gasteiger partial charge in [-0.2, -0.15) is 0 Å². The molecule has 0 spiro atoms. The number of carbonyl (C=O) groups excluding carboxylic acids is 1. The van der Waals surface area contributed by atoms with Gasteiger partial charge in [0, 0.05) is 17.1 Å². The molecule has 0 unspecified atom stereocenters. The van der Waals surface area contributed by atoms with Crippen LogP contribution in [0.4, 0.5) is 10.2 Å². The van der Waals surface area contributed by atoms with Crippen LogP contribution in [0.3, 0.4) is 0 Å². The van der Waals surface area contributed by atoms with E-state index in [1.807, 2.05) is 0 Å². The van der Waals surface area contributed by atoms with Gasteiger partial charge in [0.2, 0.25) is 5.91 Å². The van der Waals surface area contributed by atoms with Gasteiger partial charge in [0.1, 0.15) is 0 Å². The average molecular weight is 363 g/mol. The number of morpholine rings is 1. The average Bonchev–Trinajstić information content (AvgIpc) is 2.62. The summed E-state index contributed by atoms with van der Waals surface area (Å²) in [5, 5.41) is 0.440. The van der Waals surface area contributed by atoms with E-state index in [1.54, 1.807) is 23.1 Å². The SMILES string of the molecule is C=CC(=O)N1CCOC[C@H]1c1cc(Cl)cc(-c2ncc(F)c(N)n2)c1. The zero-order valence-corrected chi connectivity index (χ0v) is 14.0. The van der Waals surface area contributed by atoms with Crippen LogP contribution >= 0.6 is 11.6 Å². The van der Waals surface area contributed by atoms with Gasteiger partial charge in [0.15, 0.2) is 17.5 Å². The summed E-state index contributed by atoms with van der Waals surface area (Å²) in [5.41, 5.74) is 6.86. The number of nitrogens with zero attached hydrogens (tertiary/aromatic N) is 3. The summed E-state index contributed by atoms with van der Waals surface area (Å²) >= 11 is 6.23. The Morgan fingerprint density at radius 3 is 3.00 bits per heavy atom. The van der Waals surface area contributed by atoms with Crippen molar-refractivity contribution in [1.29, 1.82) is 0 Å². The maximum Gasteiger partial charge on any atom is 0.246 e. The van der Waals surface area contributed by atoms with Crippen LogP contribution in [0.1, 0.15) is 11.6 Å². The maximum absolute atomic E-state index is 13.3. The van der Waals surface area contributed by atoms with Gasteiger partial charge >= 0.3 is 0 Å². The number of hydrogen-bond donors (Lipinski definition) is 1. The minimum Gasteiger partial charge on any atom is -0.381 e. The van der Waals surface area contributed by atoms with Gasteiger partial charge in [-0.3, -0.25) is 4.79 Å². The van der Waals surface area contributed by atoms with E-state index in [-0.39, 0.29) is 23.6 Å². The fourth-order valence-corrected chi connectivity index (χ4v) is 2.96. The van der Waals surface area contributed by atoms with Crippen molar-refractivity contribution in [3.63, 3.8) is 0 Å². The van der Waals surface area contributed by atoms with Gasteiger partial charge in [0.05, 0.1) is 25.5 Å². The Hall–Kier alpha value is -2.51. The lowest BCUT2D eigenvalue weighted by Gasteiger charge is -2.35. The highest BCUT2D eigenvalue weighted by Gasteiger charge is 2.28. The number of ether oxygens (including phenoxy) is 1. The first-order chi connectivity index (χ1) is 12.0. The van der Waals surface area contributed by atoms with Gasteiger partial charge < -0.3 is 15.4 Å². The first-order valence-electron chi connectivity index (χ1n) is 7.59. The molecular formula is C17H16ClFN4O2. The number of rotatable bonds is 3. The van der Waals surface area contributed by atoms with Crippen LogP contribution in [0.2, 0.25) is 5.02 Å². The highest BCUT2D eigenvalue weighted by atomic mass is 35.5. The Morgan fingerprint density at radius 2 is 2.28 bits per heavy atom. The summed E-state index contributed by atoms with van der Waals surface area (Å²) in [6, 6.07) is 4.89. The highest BCUT2D eigenvalue weighted by Crippen LogP contribution is 2.31. The molecule has 0 aliphatic carbocycles. The molecule has 1 fully saturated rings. The third-order valence-electron chi connectivity index (χ3n) is 3.92. The molecule has 1 amide bonds. The van der Waals surface area contributed by atoms with Gasteiger partial charge in [-0.15, -0.1) is 0 Å². The van der Waals surface area contributed by atoms with Crippen LogP contribution in [-0.4, -0.2) is 40.5 Å². The van der Waals surface area contributed by atoms with E-state index >= 15 is 0 Å². The normalized spacial score (nSPS) is 17.4. The van der Waals surface area contributed by atoms with Crippen molar-refractivity contribution in [2.75, 3.05) is 25.5 Å². The Bertz CT molecular complexity index is 830. The molecule has 0 radical (unpaired) electrons. The van der Waals surface area contributed by atoms with Gasteiger partial charge in [0.25, 0.3) is 0 Å². The summed E-state index contributed by atoms with van der Waals surface area (Å²) in [5.74, 6) is -0.858. The van der Waals surface area contributed by atoms with Crippen molar-refractivity contribution < 1.29 is 13.9 Å². The minimum absolute atomic E-state index is 0.183. The van der Waals surface area contributed by atoms with Crippen LogP contribution < -0.4 is 5.73 Å². The lowest BCUT2D eigenvalue weighted by atomic mass is 10.0. The monoisotopic (exact) mass is 362 g/mol. The number of benzene rings is 1. The third-order valence-corrected chi connectivity index (χ3v) is 4.14. The number of carbonyl (C=O) groups is 1. The molecule has 25 heavy (non-hydrogen) atoms. The van der Waals surface area contributed by atoms with Crippen LogP contribution in [-0.2, 0) is 9.53 Å². The summed E-state index contributed by atoms with van der Waals surface area (Å²) in [7, 11) is 0. The van der Waals surface area contributed by atoms with Crippen molar-refractivity contribution in [1.82, 2.24) is 14.9 Å². The molecule has 2 aromatic rings. The molecule has 1 aromatic carbocycles. The van der Waals surface area contributed by atoms with Gasteiger partial charge in [-0.1, -0.05) is 18.2 Å². The smallest absolute Gasteiger partial charge is 0.246 e. The second-order valence-electron chi connectivity index (χ2n) is 5.53. The first-order valence-corrected chi connectivity index (χ1v) is 7.97. The Labute approximate surface area is 149 Å². The summed E-state index contributed by atoms with van der Waals surface area (Å²) in [6.45, 7) is 4.79. The van der Waals surface area contributed by atoms with Crippen LogP contribution in [0.5, 0.6) is 0 Å². The summed E-state index contributed by atoms with van der Waals surface area (Å²) < 4.78 is 18.8. The van der Waals surface area contributed by atoms with Crippen molar-refractivity contribution in [3.05, 3.63) is 53.5 Å². The van der Waals surface area contributed by atoms with Crippen molar-refractivity contribution in [3.8, 4) is 11.4 Å². The second-order valence-corrected chi connectivity index (χ2v) is 5.96. The number of hydrogen-bond acceptors (Lipinski definition) is 5. The van der Waals surface area contributed by atoms with Crippen LogP contribution in [0.25, 0.3) is 11.4 Å². The van der Waals surface area contributed by atoms with E-state index in [9.17, 15) is 9.18 Å². The molecule has 6 nitrogen and oxygen atoms in total. The van der Waals surface area contributed by atoms with Crippen molar-refractivity contribution >= 4 is 23.3 Å². The first kappa shape index (κ1) is 17.3. The fourth-order valence-electron chi connectivity index (χ4n) is 2.71. The van der Waals surface area contributed by atoms with E-state index in [4.69, 9.17) is 22.1 Å². The molecule has 1 saturated heterocycles. The fraction of sp³-hybridized carbons (Fsp3) is 0.235. The van der Waals surface area contributed by atoms with E-state index in [1.165, 1.54) is 6.08 Å². The Kier molecular flexibility index (Phi) is 4.96. The molecule has 8 heteroatoms. The summed E-state index contributed by atoms with van der Waals surface area (Å²) in [4.78, 5) is 21.7. The van der Waals surface area contributed by atoms with Crippen LogP contribution in [0.15, 0.2) is 37.1 Å². The van der Waals surface area contributed by atoms with Crippen molar-refractivity contribution in [2.45, 2.75) is 6.04 Å². The largest absolute Gasteiger partial charge is 0.381 e. The number of aromatic nitrogens is 2. The van der Waals surface area contributed by atoms with Crippen LogP contribution in [0, 0.1) is 5.82 Å². The molecule has 3 rings (SSSR count). The van der Waals surface area contributed by atoms with Crippen molar-refractivity contribution in [2.24, 2.45) is 0 Å². The number of nitrogens with two attached hydrogens (primary N) is 1. The molecular weight excluding hydrogens is 347 g/mol. The maximum atomic E-state index is 13.3. The van der Waals surface area contributed by atoms with E-state index in [0.29, 0.717) is 30.3 Å². The van der Waals surface area contributed by atoms with E-state index in [2.05, 4.69) is 16.5 Å². The molecule has 130 valence electrons. The Balaban J connectivity index is 2.02. The standard InChI is InChI=1S/C17H16ClFN4O2/c1-2-15(24)23-3-4-25-9-14(23)10-5-11(7-12(18)6-10)17-21-8-13(19)16(20)22-17/h2,5-8,14H,1,3-4,9H2,(H2,20,21,22)/t14-/m0/s1. The minimum atomic E-state index is -0.686. The predicted molar refractivity (Wildman–Crippen MR) is 92.3 cm³/mol. The third kappa shape index (κ3) is 3.62. The molecule has 1 aliphatic rings. The van der Waals surface area contributed by atoms with Gasteiger partial charge in [-0.25, -0.2) is 14.4 Å². The lowest BCUT2D eigenvalue weighted by molar-refractivity contribution is -0.134. The molecule has 1 aliphatic heterocycles. The molecule has 1 atom stereocenters. The topological polar surface area (TPSA) is 81.3 Å². The summed E-state index contributed by atoms with van der Waals surface area (Å²) in [6.07, 6.45) is 2.28. The zero-order chi connectivity index (χ0) is 18.0. The van der Waals surface area contributed by atoms with E-state index < -0.39 is 5.82 Å². The number of anilines is 1. The number of amides is 1. The number of nitrogen functional groups attached to an aromatic ring is 1. The molecule has 0 bridgehead atoms. The molecule has 1 aromatic heterocycles. The highest BCUT2D eigenvalue weighted by molar-refractivity contribution is 6.31. The van der Waals surface area contributed by atoms with E-state index in [0.717, 1.165) is 11.8 Å². The quantitative estimate of drug-likeness (QED) is 0.849.